The quantitative estimate of drug-likeness (QED) is 0.329. The lowest BCUT2D eigenvalue weighted by Gasteiger charge is -2.30. The molecule has 38 heavy (non-hydrogen) atoms. The molecular formula is C29H27ClFNO6. The number of ketones is 2. The monoisotopic (exact) mass is 539 g/mol. The second-order valence-electron chi connectivity index (χ2n) is 9.53. The number of carboxylic acid groups (broad SMARTS) is 1. The Hall–Kier alpha value is -3.78. The Morgan fingerprint density at radius 2 is 1.84 bits per heavy atom. The number of hydrogen-bond acceptors (Lipinski definition) is 5. The number of carbonyl (C=O) groups excluding carboxylic acids is 2. The van der Waals surface area contributed by atoms with Crippen molar-refractivity contribution in [2.75, 3.05) is 7.11 Å². The second kappa shape index (κ2) is 11.3. The molecule has 3 aromatic rings. The Morgan fingerprint density at radius 3 is 2.39 bits per heavy atom. The molecule has 0 spiro atoms. The largest absolute Gasteiger partial charge is 0.495 e. The van der Waals surface area contributed by atoms with E-state index in [1.807, 2.05) is 0 Å². The van der Waals surface area contributed by atoms with Crippen LogP contribution in [0, 0.1) is 11.7 Å². The van der Waals surface area contributed by atoms with Crippen molar-refractivity contribution < 1.29 is 28.6 Å². The van der Waals surface area contributed by atoms with Gasteiger partial charge in [0.25, 0.3) is 5.56 Å². The summed E-state index contributed by atoms with van der Waals surface area (Å²) >= 11 is 6.00. The molecule has 1 heterocycles. The van der Waals surface area contributed by atoms with Crippen molar-refractivity contribution in [3.05, 3.63) is 86.5 Å². The van der Waals surface area contributed by atoms with Gasteiger partial charge in [-0.05, 0) is 49.1 Å². The maximum absolute atomic E-state index is 15.2. The number of carboxylic acids is 1. The highest BCUT2D eigenvalue weighted by atomic mass is 35.5. The van der Waals surface area contributed by atoms with Crippen LogP contribution in [0.3, 0.4) is 0 Å². The standard InChI is InChI=1S/C29H27ClFNO6/c1-16(33)20-10-11-22(30)28(31)27(20)21-14-26(35)32(15-25(21)38-2)23(12-17-4-3-5-17)24(34)13-18-6-8-19(9-7-18)29(36)37/h6-11,14-15,17,23H,3-5,12-13H2,1-2H3,(H,36,37)/t23-/m1/s1. The van der Waals surface area contributed by atoms with E-state index >= 15 is 4.39 Å². The smallest absolute Gasteiger partial charge is 0.335 e. The van der Waals surface area contributed by atoms with Gasteiger partial charge >= 0.3 is 5.97 Å². The van der Waals surface area contributed by atoms with E-state index in [1.165, 1.54) is 55.1 Å². The van der Waals surface area contributed by atoms with Crippen LogP contribution in [0.4, 0.5) is 4.39 Å². The first-order valence-electron chi connectivity index (χ1n) is 12.2. The van der Waals surface area contributed by atoms with E-state index in [2.05, 4.69) is 0 Å². The van der Waals surface area contributed by atoms with Gasteiger partial charge in [0, 0.05) is 29.2 Å². The van der Waals surface area contributed by atoms with Gasteiger partial charge in [-0.15, -0.1) is 0 Å². The van der Waals surface area contributed by atoms with Crippen LogP contribution in [0.2, 0.25) is 5.02 Å². The van der Waals surface area contributed by atoms with E-state index in [0.29, 0.717) is 12.0 Å². The molecule has 1 fully saturated rings. The van der Waals surface area contributed by atoms with Crippen molar-refractivity contribution >= 4 is 29.1 Å². The fraction of sp³-hybridized carbons (Fsp3) is 0.310. The van der Waals surface area contributed by atoms with Crippen molar-refractivity contribution in [3.8, 4) is 16.9 Å². The number of hydrogen-bond donors (Lipinski definition) is 1. The zero-order valence-corrected chi connectivity index (χ0v) is 21.8. The normalized spacial score (nSPS) is 14.0. The summed E-state index contributed by atoms with van der Waals surface area (Å²) in [6.45, 7) is 1.29. The predicted octanol–water partition coefficient (Wildman–Crippen LogP) is 5.76. The maximum Gasteiger partial charge on any atom is 0.335 e. The molecule has 0 unspecified atom stereocenters. The van der Waals surface area contributed by atoms with Gasteiger partial charge in [-0.2, -0.15) is 0 Å². The van der Waals surface area contributed by atoms with Gasteiger partial charge < -0.3 is 14.4 Å². The number of halogens is 2. The maximum atomic E-state index is 15.2. The first-order valence-corrected chi connectivity index (χ1v) is 12.6. The molecule has 4 rings (SSSR count). The van der Waals surface area contributed by atoms with Crippen LogP contribution < -0.4 is 10.3 Å². The predicted molar refractivity (Wildman–Crippen MR) is 141 cm³/mol. The Kier molecular flexibility index (Phi) is 8.11. The Labute approximate surface area is 223 Å². The van der Waals surface area contributed by atoms with Crippen LogP contribution in [-0.2, 0) is 11.2 Å². The average Bonchev–Trinajstić information content (AvgIpc) is 2.85. The van der Waals surface area contributed by atoms with Gasteiger partial charge in [0.05, 0.1) is 29.9 Å². The van der Waals surface area contributed by atoms with Crippen molar-refractivity contribution in [2.24, 2.45) is 5.92 Å². The third-order valence-corrected chi connectivity index (χ3v) is 7.37. The van der Waals surface area contributed by atoms with Crippen molar-refractivity contribution in [1.82, 2.24) is 4.57 Å². The van der Waals surface area contributed by atoms with Crippen LogP contribution in [0.1, 0.15) is 64.9 Å². The summed E-state index contributed by atoms with van der Waals surface area (Å²) in [5.74, 6) is -2.13. The minimum Gasteiger partial charge on any atom is -0.495 e. The molecule has 1 aromatic heterocycles. The molecule has 0 saturated heterocycles. The molecule has 1 N–H and O–H groups in total. The molecule has 198 valence electrons. The van der Waals surface area contributed by atoms with Gasteiger partial charge in [0.1, 0.15) is 11.6 Å². The fourth-order valence-electron chi connectivity index (χ4n) is 4.77. The number of carbonyl (C=O) groups is 3. The summed E-state index contributed by atoms with van der Waals surface area (Å²) < 4.78 is 22.0. The van der Waals surface area contributed by atoms with E-state index in [-0.39, 0.29) is 51.1 Å². The number of Topliss-reactive ketones (excluding diaryl/α,β-unsaturated/α-hetero) is 2. The highest BCUT2D eigenvalue weighted by Crippen LogP contribution is 2.38. The van der Waals surface area contributed by atoms with Gasteiger partial charge in [-0.3, -0.25) is 14.4 Å². The molecule has 1 aliphatic rings. The number of rotatable bonds is 10. The number of aromatic nitrogens is 1. The molecule has 9 heteroatoms. The molecule has 0 radical (unpaired) electrons. The molecule has 1 saturated carbocycles. The lowest BCUT2D eigenvalue weighted by Crippen LogP contribution is -2.33. The Bertz CT molecular complexity index is 1460. The third kappa shape index (κ3) is 5.55. The van der Waals surface area contributed by atoms with E-state index in [0.717, 1.165) is 19.3 Å². The van der Waals surface area contributed by atoms with Crippen LogP contribution in [0.25, 0.3) is 11.1 Å². The summed E-state index contributed by atoms with van der Waals surface area (Å²) in [5, 5.41) is 8.92. The zero-order chi connectivity index (χ0) is 27.6. The summed E-state index contributed by atoms with van der Waals surface area (Å²) in [7, 11) is 1.36. The van der Waals surface area contributed by atoms with Gasteiger partial charge in [0.2, 0.25) is 0 Å². The Morgan fingerprint density at radius 1 is 1.16 bits per heavy atom. The van der Waals surface area contributed by atoms with Crippen LogP contribution in [0.15, 0.2) is 53.5 Å². The number of aromatic carboxylic acids is 1. The second-order valence-corrected chi connectivity index (χ2v) is 9.94. The molecule has 0 aliphatic heterocycles. The lowest BCUT2D eigenvalue weighted by molar-refractivity contribution is -0.122. The molecule has 0 amide bonds. The summed E-state index contributed by atoms with van der Waals surface area (Å²) in [5.41, 5.74) is 0.177. The molecule has 0 bridgehead atoms. The van der Waals surface area contributed by atoms with Gasteiger partial charge in [-0.1, -0.05) is 43.0 Å². The topological polar surface area (TPSA) is 103 Å². The van der Waals surface area contributed by atoms with Crippen molar-refractivity contribution in [2.45, 2.75) is 45.1 Å². The minimum absolute atomic E-state index is 0.00516. The van der Waals surface area contributed by atoms with E-state index in [9.17, 15) is 19.2 Å². The number of ether oxygens (including phenoxy) is 1. The number of pyridine rings is 1. The van der Waals surface area contributed by atoms with E-state index in [4.69, 9.17) is 21.4 Å². The molecular weight excluding hydrogens is 513 g/mol. The van der Waals surface area contributed by atoms with Gasteiger partial charge in [0.15, 0.2) is 11.6 Å². The van der Waals surface area contributed by atoms with Crippen LogP contribution in [-0.4, -0.2) is 34.3 Å². The number of methoxy groups -OCH3 is 1. The van der Waals surface area contributed by atoms with Gasteiger partial charge in [-0.25, -0.2) is 9.18 Å². The van der Waals surface area contributed by atoms with Crippen LogP contribution >= 0.6 is 11.6 Å². The molecule has 7 nitrogen and oxygen atoms in total. The number of benzene rings is 2. The SMILES string of the molecule is COc1cn([C@H](CC2CCC2)C(=O)Cc2ccc(C(=O)O)cc2)c(=O)cc1-c1c(C(C)=O)ccc(Cl)c1F. The summed E-state index contributed by atoms with van der Waals surface area (Å²) in [6, 6.07) is 9.07. The summed E-state index contributed by atoms with van der Waals surface area (Å²) in [6.07, 6.45) is 4.81. The summed E-state index contributed by atoms with van der Waals surface area (Å²) in [4.78, 5) is 50.3. The lowest BCUT2D eigenvalue weighted by atomic mass is 9.79. The highest BCUT2D eigenvalue weighted by Gasteiger charge is 2.30. The first kappa shape index (κ1) is 27.3. The van der Waals surface area contributed by atoms with Crippen molar-refractivity contribution in [3.63, 3.8) is 0 Å². The number of nitrogens with zero attached hydrogens (tertiary/aromatic N) is 1. The minimum atomic E-state index is -1.06. The first-order chi connectivity index (χ1) is 18.1. The van der Waals surface area contributed by atoms with Crippen molar-refractivity contribution in [1.29, 1.82) is 0 Å². The van der Waals surface area contributed by atoms with E-state index < -0.39 is 29.2 Å². The zero-order valence-electron chi connectivity index (χ0n) is 21.0. The molecule has 1 atom stereocenters. The Balaban J connectivity index is 1.77. The average molecular weight is 540 g/mol. The van der Waals surface area contributed by atoms with E-state index in [1.54, 1.807) is 12.1 Å². The highest BCUT2D eigenvalue weighted by molar-refractivity contribution is 6.31. The fourth-order valence-corrected chi connectivity index (χ4v) is 4.92. The molecule has 1 aliphatic carbocycles. The molecule has 2 aromatic carbocycles. The third-order valence-electron chi connectivity index (χ3n) is 7.08. The van der Waals surface area contributed by atoms with Crippen LogP contribution in [0.5, 0.6) is 5.75 Å².